The van der Waals surface area contributed by atoms with Gasteiger partial charge in [0.1, 0.15) is 12.3 Å². The average molecular weight is 325 g/mol. The largest absolute Gasteiger partial charge is 0.454 e. The monoisotopic (exact) mass is 325 g/mol. The molecule has 1 aliphatic heterocycles. The van der Waals surface area contributed by atoms with Gasteiger partial charge < -0.3 is 18.7 Å². The molecule has 0 fully saturated rings. The fourth-order valence-electron chi connectivity index (χ4n) is 2.18. The third kappa shape index (κ3) is 2.76. The molecule has 8 nitrogen and oxygen atoms in total. The summed E-state index contributed by atoms with van der Waals surface area (Å²) in [6.07, 6.45) is 4.24. The maximum Gasteiger partial charge on any atom is 0.358 e. The summed E-state index contributed by atoms with van der Waals surface area (Å²) in [5.74, 6) is 1.31. The van der Waals surface area contributed by atoms with Crippen LogP contribution in [-0.4, -0.2) is 27.9 Å². The lowest BCUT2D eigenvalue weighted by Crippen LogP contribution is -2.07. The highest BCUT2D eigenvalue weighted by Gasteiger charge is 2.16. The molecule has 0 radical (unpaired) electrons. The van der Waals surface area contributed by atoms with Crippen LogP contribution >= 0.6 is 0 Å². The molecule has 120 valence electrons. The highest BCUT2D eigenvalue weighted by molar-refractivity contribution is 5.86. The lowest BCUT2D eigenvalue weighted by atomic mass is 10.1. The van der Waals surface area contributed by atoms with Crippen molar-refractivity contribution in [3.05, 3.63) is 54.2 Å². The van der Waals surface area contributed by atoms with Gasteiger partial charge in [0.05, 0.1) is 6.20 Å². The summed E-state index contributed by atoms with van der Waals surface area (Å²) in [4.78, 5) is 19.5. The zero-order valence-electron chi connectivity index (χ0n) is 12.3. The standard InChI is InChI=1S/C16H11N3O5/c20-16(12-7-17-3-4-18-12)21-8-11-6-14(24-19-11)10-1-2-13-15(5-10)23-9-22-13/h1-7H,8-9H2. The lowest BCUT2D eigenvalue weighted by Gasteiger charge is -2.00. The molecule has 0 spiro atoms. The molecule has 0 aliphatic carbocycles. The molecule has 0 N–H and O–H groups in total. The van der Waals surface area contributed by atoms with Crippen molar-refractivity contribution in [2.75, 3.05) is 6.79 Å². The second-order valence-electron chi connectivity index (χ2n) is 4.92. The van der Waals surface area contributed by atoms with Gasteiger partial charge in [-0.05, 0) is 18.2 Å². The fraction of sp³-hybridized carbons (Fsp3) is 0.125. The van der Waals surface area contributed by atoms with Gasteiger partial charge >= 0.3 is 5.97 Å². The molecule has 8 heteroatoms. The highest BCUT2D eigenvalue weighted by atomic mass is 16.7. The molecule has 1 aliphatic rings. The third-order valence-corrected chi connectivity index (χ3v) is 3.34. The van der Waals surface area contributed by atoms with E-state index in [1.54, 1.807) is 18.2 Å². The Labute approximate surface area is 136 Å². The van der Waals surface area contributed by atoms with Crippen LogP contribution in [-0.2, 0) is 11.3 Å². The summed E-state index contributed by atoms with van der Waals surface area (Å²) in [5.41, 5.74) is 1.41. The number of hydrogen-bond acceptors (Lipinski definition) is 8. The van der Waals surface area contributed by atoms with Crippen molar-refractivity contribution in [2.24, 2.45) is 0 Å². The molecule has 0 unspecified atom stereocenters. The quantitative estimate of drug-likeness (QED) is 0.674. The summed E-state index contributed by atoms with van der Waals surface area (Å²) >= 11 is 0. The fourth-order valence-corrected chi connectivity index (χ4v) is 2.18. The predicted octanol–water partition coefficient (Wildman–Crippen LogP) is 2.22. The molecule has 3 heterocycles. The van der Waals surface area contributed by atoms with E-state index >= 15 is 0 Å². The lowest BCUT2D eigenvalue weighted by molar-refractivity contribution is 0.0456. The second-order valence-corrected chi connectivity index (χ2v) is 4.92. The van der Waals surface area contributed by atoms with Crippen LogP contribution in [0, 0.1) is 0 Å². The smallest absolute Gasteiger partial charge is 0.358 e. The van der Waals surface area contributed by atoms with Crippen LogP contribution in [0.2, 0.25) is 0 Å². The first-order valence-electron chi connectivity index (χ1n) is 7.08. The van der Waals surface area contributed by atoms with E-state index < -0.39 is 5.97 Å². The van der Waals surface area contributed by atoms with Crippen LogP contribution in [0.1, 0.15) is 16.2 Å². The summed E-state index contributed by atoms with van der Waals surface area (Å²) in [6.45, 7) is 0.183. The molecule has 0 bridgehead atoms. The van der Waals surface area contributed by atoms with Gasteiger partial charge in [0.15, 0.2) is 23.0 Å². The van der Waals surface area contributed by atoms with Crippen molar-refractivity contribution in [3.63, 3.8) is 0 Å². The zero-order valence-corrected chi connectivity index (χ0v) is 12.3. The minimum Gasteiger partial charge on any atom is -0.454 e. The molecule has 24 heavy (non-hydrogen) atoms. The number of carbonyl (C=O) groups is 1. The van der Waals surface area contributed by atoms with Crippen LogP contribution in [0.3, 0.4) is 0 Å². The van der Waals surface area contributed by atoms with E-state index in [1.165, 1.54) is 18.6 Å². The number of aromatic nitrogens is 3. The average Bonchev–Trinajstić information content (AvgIpc) is 3.29. The Hall–Kier alpha value is -3.42. The predicted molar refractivity (Wildman–Crippen MR) is 79.2 cm³/mol. The van der Waals surface area contributed by atoms with Gasteiger partial charge in [-0.1, -0.05) is 5.16 Å². The number of esters is 1. The van der Waals surface area contributed by atoms with E-state index in [2.05, 4.69) is 15.1 Å². The number of hydrogen-bond donors (Lipinski definition) is 0. The summed E-state index contributed by atoms with van der Waals surface area (Å²) in [5, 5.41) is 3.89. The number of ether oxygens (including phenoxy) is 3. The van der Waals surface area contributed by atoms with Crippen LogP contribution in [0.5, 0.6) is 11.5 Å². The first-order valence-corrected chi connectivity index (χ1v) is 7.08. The number of fused-ring (bicyclic) bond motifs is 1. The second kappa shape index (κ2) is 5.99. The highest BCUT2D eigenvalue weighted by Crippen LogP contribution is 2.36. The van der Waals surface area contributed by atoms with Gasteiger partial charge in [-0.15, -0.1) is 0 Å². The van der Waals surface area contributed by atoms with Crippen LogP contribution < -0.4 is 9.47 Å². The van der Waals surface area contributed by atoms with Gasteiger partial charge in [0, 0.05) is 24.0 Å². The first kappa shape index (κ1) is 14.2. The van der Waals surface area contributed by atoms with E-state index in [4.69, 9.17) is 18.7 Å². The molecular weight excluding hydrogens is 314 g/mol. The Morgan fingerprint density at radius 1 is 1.17 bits per heavy atom. The molecule has 0 saturated heterocycles. The van der Waals surface area contributed by atoms with Crippen molar-refractivity contribution in [3.8, 4) is 22.8 Å². The van der Waals surface area contributed by atoms with Crippen molar-refractivity contribution in [2.45, 2.75) is 6.61 Å². The maximum absolute atomic E-state index is 11.8. The van der Waals surface area contributed by atoms with Gasteiger partial charge in [0.2, 0.25) is 6.79 Å². The Balaban J connectivity index is 1.44. The molecule has 0 amide bonds. The van der Waals surface area contributed by atoms with Crippen molar-refractivity contribution >= 4 is 5.97 Å². The molecule has 3 aromatic rings. The molecule has 2 aromatic heterocycles. The number of carbonyl (C=O) groups excluding carboxylic acids is 1. The van der Waals surface area contributed by atoms with Gasteiger partial charge in [-0.25, -0.2) is 9.78 Å². The van der Waals surface area contributed by atoms with Crippen LogP contribution in [0.25, 0.3) is 11.3 Å². The van der Waals surface area contributed by atoms with Crippen molar-refractivity contribution in [1.82, 2.24) is 15.1 Å². The van der Waals surface area contributed by atoms with E-state index in [1.807, 2.05) is 6.07 Å². The molecule has 0 atom stereocenters. The molecule has 4 rings (SSSR count). The van der Waals surface area contributed by atoms with Gasteiger partial charge in [-0.3, -0.25) is 4.98 Å². The van der Waals surface area contributed by atoms with E-state index in [0.717, 1.165) is 5.56 Å². The molecule has 1 aromatic carbocycles. The normalized spacial score (nSPS) is 12.2. The summed E-state index contributed by atoms with van der Waals surface area (Å²) < 4.78 is 21.0. The third-order valence-electron chi connectivity index (χ3n) is 3.34. The van der Waals surface area contributed by atoms with Crippen molar-refractivity contribution in [1.29, 1.82) is 0 Å². The Bertz CT molecular complexity index is 878. The Morgan fingerprint density at radius 3 is 2.96 bits per heavy atom. The SMILES string of the molecule is O=C(OCc1cc(-c2ccc3c(c2)OCO3)on1)c1cnccn1. The topological polar surface area (TPSA) is 96.6 Å². The van der Waals surface area contributed by atoms with E-state index in [-0.39, 0.29) is 19.1 Å². The Kier molecular flexibility index (Phi) is 3.54. The maximum atomic E-state index is 11.8. The zero-order chi connectivity index (χ0) is 16.4. The minimum atomic E-state index is -0.573. The van der Waals surface area contributed by atoms with E-state index in [9.17, 15) is 4.79 Å². The number of nitrogens with zero attached hydrogens (tertiary/aromatic N) is 3. The molecular formula is C16H11N3O5. The first-order chi connectivity index (χ1) is 11.8. The van der Waals surface area contributed by atoms with Crippen molar-refractivity contribution < 1.29 is 23.5 Å². The van der Waals surface area contributed by atoms with E-state index in [0.29, 0.717) is 23.0 Å². The summed E-state index contributed by atoms with van der Waals surface area (Å²) in [7, 11) is 0. The Morgan fingerprint density at radius 2 is 2.08 bits per heavy atom. The van der Waals surface area contributed by atoms with Crippen LogP contribution in [0.15, 0.2) is 47.4 Å². The summed E-state index contributed by atoms with van der Waals surface area (Å²) in [6, 6.07) is 7.14. The van der Waals surface area contributed by atoms with Gasteiger partial charge in [0.25, 0.3) is 0 Å². The van der Waals surface area contributed by atoms with Gasteiger partial charge in [-0.2, -0.15) is 0 Å². The minimum absolute atomic E-state index is 0.0243. The number of rotatable bonds is 4. The molecule has 0 saturated carbocycles. The number of benzene rings is 1. The van der Waals surface area contributed by atoms with Crippen LogP contribution in [0.4, 0.5) is 0 Å².